The number of aryl methyl sites for hydroxylation is 1. The molecule has 0 radical (unpaired) electrons. The number of carboxylic acid groups (broad SMARTS) is 1. The van der Waals surface area contributed by atoms with Crippen LogP contribution >= 0.6 is 24.8 Å². The Labute approximate surface area is 182 Å². The van der Waals surface area contributed by atoms with Crippen LogP contribution in [0.5, 0.6) is 5.75 Å². The summed E-state index contributed by atoms with van der Waals surface area (Å²) in [5, 5.41) is 8.67. The van der Waals surface area contributed by atoms with Crippen LogP contribution < -0.4 is 9.64 Å². The van der Waals surface area contributed by atoms with E-state index in [1.165, 1.54) is 0 Å². The Hall–Kier alpha value is -2.35. The maximum Gasteiger partial charge on any atom is 0.341 e. The average molecular weight is 442 g/mol. The van der Waals surface area contributed by atoms with Gasteiger partial charge in [-0.25, -0.2) is 4.79 Å². The predicted octanol–water partition coefficient (Wildman–Crippen LogP) is 2.70. The number of halogens is 2. The van der Waals surface area contributed by atoms with Crippen molar-refractivity contribution in [1.29, 1.82) is 0 Å². The first-order valence-electron chi connectivity index (χ1n) is 8.88. The zero-order valence-electron chi connectivity index (χ0n) is 16.1. The van der Waals surface area contributed by atoms with Crippen molar-refractivity contribution in [3.8, 4) is 5.75 Å². The van der Waals surface area contributed by atoms with Gasteiger partial charge in [0.25, 0.3) is 0 Å². The number of carbonyl (C=O) groups is 2. The number of ketones is 1. The molecule has 158 valence electrons. The van der Waals surface area contributed by atoms with E-state index in [4.69, 9.17) is 9.84 Å². The molecular formula is C20H25Cl2N3O4. The first kappa shape index (κ1) is 24.7. The summed E-state index contributed by atoms with van der Waals surface area (Å²) in [4.78, 5) is 31.7. The Morgan fingerprint density at radius 3 is 2.31 bits per heavy atom. The molecular weight excluding hydrogens is 417 g/mol. The number of benzene rings is 1. The maximum atomic E-state index is 12.7. The van der Waals surface area contributed by atoms with Crippen molar-refractivity contribution in [2.24, 2.45) is 0 Å². The van der Waals surface area contributed by atoms with Crippen molar-refractivity contribution in [2.75, 3.05) is 44.2 Å². The second kappa shape index (κ2) is 11.6. The lowest BCUT2D eigenvalue weighted by atomic mass is 10.0. The summed E-state index contributed by atoms with van der Waals surface area (Å²) in [7, 11) is 0. The Balaban J connectivity index is 0.00000210. The van der Waals surface area contributed by atoms with Crippen molar-refractivity contribution >= 4 is 42.3 Å². The van der Waals surface area contributed by atoms with E-state index < -0.39 is 12.6 Å². The molecule has 0 atom stereocenters. The molecule has 2 heterocycles. The molecule has 0 unspecified atom stereocenters. The van der Waals surface area contributed by atoms with Crippen LogP contribution in [0.25, 0.3) is 0 Å². The van der Waals surface area contributed by atoms with Gasteiger partial charge < -0.3 is 14.7 Å². The van der Waals surface area contributed by atoms with Crippen LogP contribution in [0.1, 0.15) is 15.9 Å². The first-order chi connectivity index (χ1) is 13.0. The van der Waals surface area contributed by atoms with Gasteiger partial charge in [0, 0.05) is 49.8 Å². The third-order valence-electron chi connectivity index (χ3n) is 4.63. The fourth-order valence-corrected chi connectivity index (χ4v) is 3.19. The SMILES string of the molecule is Cc1cc(OCC(=O)O)ccc1C(=O)CN1CCN(c2ccncc2)CC1.Cl.Cl. The average Bonchev–Trinajstić information content (AvgIpc) is 2.67. The van der Waals surface area contributed by atoms with Crippen LogP contribution in [-0.4, -0.2) is 66.1 Å². The summed E-state index contributed by atoms with van der Waals surface area (Å²) in [5.74, 6) is -0.509. The van der Waals surface area contributed by atoms with Gasteiger partial charge in [0.05, 0.1) is 6.54 Å². The van der Waals surface area contributed by atoms with E-state index in [2.05, 4.69) is 14.8 Å². The molecule has 1 fully saturated rings. The molecule has 1 saturated heterocycles. The third kappa shape index (κ3) is 6.88. The molecule has 1 N–H and O–H groups in total. The number of rotatable bonds is 7. The Morgan fingerprint density at radius 2 is 1.72 bits per heavy atom. The number of nitrogens with zero attached hydrogens (tertiary/aromatic N) is 3. The molecule has 0 amide bonds. The summed E-state index contributed by atoms with van der Waals surface area (Å²) >= 11 is 0. The van der Waals surface area contributed by atoms with Crippen LogP contribution in [0.4, 0.5) is 5.69 Å². The number of hydrogen-bond donors (Lipinski definition) is 1. The summed E-state index contributed by atoms with van der Waals surface area (Å²) in [6.07, 6.45) is 3.58. The lowest BCUT2D eigenvalue weighted by molar-refractivity contribution is -0.139. The molecule has 2 aromatic rings. The molecule has 29 heavy (non-hydrogen) atoms. The molecule has 1 aromatic heterocycles. The van der Waals surface area contributed by atoms with Crippen molar-refractivity contribution < 1.29 is 19.4 Å². The normalized spacial score (nSPS) is 13.8. The minimum absolute atomic E-state index is 0. The molecule has 0 aliphatic carbocycles. The number of carboxylic acids is 1. The molecule has 1 aliphatic heterocycles. The second-order valence-corrected chi connectivity index (χ2v) is 6.55. The van der Waals surface area contributed by atoms with E-state index in [9.17, 15) is 9.59 Å². The predicted molar refractivity (Wildman–Crippen MR) is 116 cm³/mol. The van der Waals surface area contributed by atoms with Gasteiger partial charge in [0.2, 0.25) is 0 Å². The third-order valence-corrected chi connectivity index (χ3v) is 4.63. The van der Waals surface area contributed by atoms with Gasteiger partial charge in [-0.1, -0.05) is 0 Å². The smallest absolute Gasteiger partial charge is 0.341 e. The number of carbonyl (C=O) groups excluding carboxylic acids is 1. The topological polar surface area (TPSA) is 83.0 Å². The monoisotopic (exact) mass is 441 g/mol. The number of hydrogen-bond acceptors (Lipinski definition) is 6. The van der Waals surface area contributed by atoms with Crippen molar-refractivity contribution in [2.45, 2.75) is 6.92 Å². The van der Waals surface area contributed by atoms with Gasteiger partial charge in [-0.3, -0.25) is 14.7 Å². The summed E-state index contributed by atoms with van der Waals surface area (Å²) in [5.41, 5.74) is 2.59. The zero-order valence-corrected chi connectivity index (χ0v) is 17.7. The molecule has 7 nitrogen and oxygen atoms in total. The number of ether oxygens (including phenoxy) is 1. The van der Waals surface area contributed by atoms with Gasteiger partial charge in [-0.15, -0.1) is 24.8 Å². The lowest BCUT2D eigenvalue weighted by Crippen LogP contribution is -2.48. The number of aliphatic carboxylic acids is 1. The molecule has 0 spiro atoms. The Morgan fingerprint density at radius 1 is 1.07 bits per heavy atom. The van der Waals surface area contributed by atoms with E-state index in [1.807, 2.05) is 19.1 Å². The quantitative estimate of drug-likeness (QED) is 0.661. The molecule has 1 aromatic carbocycles. The zero-order chi connectivity index (χ0) is 19.2. The lowest BCUT2D eigenvalue weighted by Gasteiger charge is -2.35. The molecule has 1 aliphatic rings. The van der Waals surface area contributed by atoms with Crippen molar-refractivity contribution in [3.63, 3.8) is 0 Å². The highest BCUT2D eigenvalue weighted by Crippen LogP contribution is 2.19. The van der Waals surface area contributed by atoms with Gasteiger partial charge in [-0.2, -0.15) is 0 Å². The minimum atomic E-state index is -1.03. The van der Waals surface area contributed by atoms with Crippen LogP contribution in [0.2, 0.25) is 0 Å². The summed E-state index contributed by atoms with van der Waals surface area (Å²) in [6, 6.07) is 9.06. The van der Waals surface area contributed by atoms with Crippen molar-refractivity contribution in [3.05, 3.63) is 53.9 Å². The van der Waals surface area contributed by atoms with Crippen molar-refractivity contribution in [1.82, 2.24) is 9.88 Å². The molecule has 3 rings (SSSR count). The van der Waals surface area contributed by atoms with Gasteiger partial charge in [-0.05, 0) is 42.8 Å². The minimum Gasteiger partial charge on any atom is -0.482 e. The highest BCUT2D eigenvalue weighted by molar-refractivity contribution is 5.99. The van der Waals surface area contributed by atoms with Gasteiger partial charge in [0.15, 0.2) is 12.4 Å². The van der Waals surface area contributed by atoms with Crippen LogP contribution in [0.15, 0.2) is 42.7 Å². The van der Waals surface area contributed by atoms with E-state index in [0.29, 0.717) is 17.9 Å². The second-order valence-electron chi connectivity index (χ2n) is 6.55. The highest BCUT2D eigenvalue weighted by Gasteiger charge is 2.20. The number of aromatic nitrogens is 1. The molecule has 9 heteroatoms. The van der Waals surface area contributed by atoms with Crippen LogP contribution in [0, 0.1) is 6.92 Å². The van der Waals surface area contributed by atoms with E-state index in [0.717, 1.165) is 37.4 Å². The van der Waals surface area contributed by atoms with Gasteiger partial charge >= 0.3 is 5.97 Å². The molecule has 0 saturated carbocycles. The summed E-state index contributed by atoms with van der Waals surface area (Å²) < 4.78 is 5.16. The molecule has 0 bridgehead atoms. The number of Topliss-reactive ketones (excluding diaryl/α,β-unsaturated/α-hetero) is 1. The van der Waals surface area contributed by atoms with E-state index >= 15 is 0 Å². The highest BCUT2D eigenvalue weighted by atomic mass is 35.5. The van der Waals surface area contributed by atoms with E-state index in [1.54, 1.807) is 30.6 Å². The number of pyridine rings is 1. The Kier molecular flexibility index (Phi) is 9.88. The largest absolute Gasteiger partial charge is 0.482 e. The van der Waals surface area contributed by atoms with Crippen LogP contribution in [-0.2, 0) is 4.79 Å². The fraction of sp³-hybridized carbons (Fsp3) is 0.350. The fourth-order valence-electron chi connectivity index (χ4n) is 3.19. The standard InChI is InChI=1S/C20H23N3O4.2ClH/c1-15-12-17(27-14-20(25)26)2-3-18(15)19(24)13-22-8-10-23(11-9-22)16-4-6-21-7-5-16;;/h2-7,12H,8-11,13-14H2,1H3,(H,25,26);2*1H. The first-order valence-corrected chi connectivity index (χ1v) is 8.88. The Bertz CT molecular complexity index is 813. The summed E-state index contributed by atoms with van der Waals surface area (Å²) in [6.45, 7) is 5.22. The number of piperazine rings is 1. The maximum absolute atomic E-state index is 12.7. The van der Waals surface area contributed by atoms with Crippen LogP contribution in [0.3, 0.4) is 0 Å². The number of anilines is 1. The van der Waals surface area contributed by atoms with E-state index in [-0.39, 0.29) is 30.6 Å². The van der Waals surface area contributed by atoms with Gasteiger partial charge in [0.1, 0.15) is 5.75 Å².